The first-order chi connectivity index (χ1) is 9.65. The normalized spacial score (nSPS) is 9.85. The van der Waals surface area contributed by atoms with E-state index in [1.165, 1.54) is 6.92 Å². The van der Waals surface area contributed by atoms with Gasteiger partial charge in [0, 0.05) is 37.1 Å². The van der Waals surface area contributed by atoms with E-state index in [4.69, 9.17) is 0 Å². The molecule has 0 fully saturated rings. The Morgan fingerprint density at radius 1 is 1.15 bits per heavy atom. The minimum Gasteiger partial charge on any atom is -0.348 e. The molecule has 20 heavy (non-hydrogen) atoms. The molecule has 0 aliphatic rings. The average Bonchev–Trinajstić information content (AvgIpc) is 2.45. The van der Waals surface area contributed by atoms with Gasteiger partial charge in [0.2, 0.25) is 5.91 Å². The zero-order chi connectivity index (χ0) is 14.4. The molecule has 0 saturated heterocycles. The van der Waals surface area contributed by atoms with Gasteiger partial charge in [0.05, 0.1) is 0 Å². The quantitative estimate of drug-likeness (QED) is 0.891. The molecule has 0 radical (unpaired) electrons. The molecule has 2 amide bonds. The minimum atomic E-state index is -0.155. The molecule has 5 nitrogen and oxygen atoms in total. The number of hydrogen-bond acceptors (Lipinski definition) is 3. The molecular formula is C15H15N3O2. The Balaban J connectivity index is 1.97. The zero-order valence-electron chi connectivity index (χ0n) is 11.1. The first-order valence-electron chi connectivity index (χ1n) is 6.20. The second-order valence-electron chi connectivity index (χ2n) is 4.30. The van der Waals surface area contributed by atoms with Gasteiger partial charge in [-0.1, -0.05) is 12.1 Å². The SMILES string of the molecule is CC(=O)Nc1cccc(CNC(=O)c2ccncc2)c1. The van der Waals surface area contributed by atoms with E-state index in [0.717, 1.165) is 5.56 Å². The lowest BCUT2D eigenvalue weighted by Gasteiger charge is -2.07. The number of rotatable bonds is 4. The van der Waals surface area contributed by atoms with E-state index in [1.54, 1.807) is 30.6 Å². The molecule has 0 unspecified atom stereocenters. The van der Waals surface area contributed by atoms with Crippen LogP contribution in [-0.2, 0) is 11.3 Å². The number of amides is 2. The molecule has 102 valence electrons. The number of anilines is 1. The molecule has 5 heteroatoms. The summed E-state index contributed by atoms with van der Waals surface area (Å²) in [7, 11) is 0. The monoisotopic (exact) mass is 269 g/mol. The molecular weight excluding hydrogens is 254 g/mol. The third-order valence-corrected chi connectivity index (χ3v) is 2.64. The molecule has 1 aromatic carbocycles. The zero-order valence-corrected chi connectivity index (χ0v) is 11.1. The number of hydrogen-bond donors (Lipinski definition) is 2. The van der Waals surface area contributed by atoms with Gasteiger partial charge in [-0.05, 0) is 29.8 Å². The molecule has 0 aliphatic heterocycles. The Morgan fingerprint density at radius 2 is 1.90 bits per heavy atom. The number of aromatic nitrogens is 1. The molecule has 2 N–H and O–H groups in total. The average molecular weight is 269 g/mol. The van der Waals surface area contributed by atoms with Crippen LogP contribution in [-0.4, -0.2) is 16.8 Å². The Labute approximate surface area is 117 Å². The smallest absolute Gasteiger partial charge is 0.251 e. The van der Waals surface area contributed by atoms with Crippen LogP contribution in [0.1, 0.15) is 22.8 Å². The van der Waals surface area contributed by atoms with Gasteiger partial charge in [0.1, 0.15) is 0 Å². The molecule has 0 saturated carbocycles. The maximum atomic E-state index is 11.9. The van der Waals surface area contributed by atoms with Crippen molar-refractivity contribution in [2.75, 3.05) is 5.32 Å². The van der Waals surface area contributed by atoms with Crippen molar-refractivity contribution in [1.29, 1.82) is 0 Å². The number of benzene rings is 1. The van der Waals surface area contributed by atoms with Crippen LogP contribution in [0, 0.1) is 0 Å². The lowest BCUT2D eigenvalue weighted by Crippen LogP contribution is -2.22. The van der Waals surface area contributed by atoms with Crippen LogP contribution in [0.2, 0.25) is 0 Å². The van der Waals surface area contributed by atoms with E-state index < -0.39 is 0 Å². The van der Waals surface area contributed by atoms with Crippen LogP contribution in [0.3, 0.4) is 0 Å². The highest BCUT2D eigenvalue weighted by Gasteiger charge is 2.04. The van der Waals surface area contributed by atoms with Gasteiger partial charge in [-0.25, -0.2) is 0 Å². The van der Waals surface area contributed by atoms with Crippen LogP contribution < -0.4 is 10.6 Å². The van der Waals surface area contributed by atoms with Gasteiger partial charge >= 0.3 is 0 Å². The summed E-state index contributed by atoms with van der Waals surface area (Å²) in [5.41, 5.74) is 2.20. The van der Waals surface area contributed by atoms with Gasteiger partial charge in [-0.2, -0.15) is 0 Å². The number of carbonyl (C=O) groups is 2. The molecule has 0 aliphatic carbocycles. The summed E-state index contributed by atoms with van der Waals surface area (Å²) in [6.07, 6.45) is 3.15. The number of nitrogens with zero attached hydrogens (tertiary/aromatic N) is 1. The van der Waals surface area contributed by atoms with Crippen molar-refractivity contribution in [3.8, 4) is 0 Å². The van der Waals surface area contributed by atoms with Crippen molar-refractivity contribution in [2.45, 2.75) is 13.5 Å². The number of carbonyl (C=O) groups excluding carboxylic acids is 2. The van der Waals surface area contributed by atoms with Crippen molar-refractivity contribution in [3.05, 3.63) is 59.9 Å². The number of nitrogens with one attached hydrogen (secondary N) is 2. The van der Waals surface area contributed by atoms with Crippen molar-refractivity contribution in [2.24, 2.45) is 0 Å². The second-order valence-corrected chi connectivity index (χ2v) is 4.30. The summed E-state index contributed by atoms with van der Waals surface area (Å²) in [5, 5.41) is 5.52. The lowest BCUT2D eigenvalue weighted by molar-refractivity contribution is -0.114. The van der Waals surface area contributed by atoms with Crippen LogP contribution in [0.5, 0.6) is 0 Å². The number of pyridine rings is 1. The minimum absolute atomic E-state index is 0.122. The van der Waals surface area contributed by atoms with Gasteiger partial charge in [0.15, 0.2) is 0 Å². The second kappa shape index (κ2) is 6.47. The highest BCUT2D eigenvalue weighted by atomic mass is 16.2. The Kier molecular flexibility index (Phi) is 4.44. The van der Waals surface area contributed by atoms with Crippen LogP contribution >= 0.6 is 0 Å². The maximum absolute atomic E-state index is 11.9. The van der Waals surface area contributed by atoms with E-state index in [2.05, 4.69) is 15.6 Å². The molecule has 0 spiro atoms. The third-order valence-electron chi connectivity index (χ3n) is 2.64. The Bertz CT molecular complexity index is 612. The molecule has 1 aromatic heterocycles. The van der Waals surface area contributed by atoms with E-state index in [0.29, 0.717) is 17.8 Å². The van der Waals surface area contributed by atoms with Crippen LogP contribution in [0.15, 0.2) is 48.8 Å². The van der Waals surface area contributed by atoms with Crippen molar-refractivity contribution in [3.63, 3.8) is 0 Å². The van der Waals surface area contributed by atoms with Gasteiger partial charge in [-0.15, -0.1) is 0 Å². The first-order valence-corrected chi connectivity index (χ1v) is 6.20. The fraction of sp³-hybridized carbons (Fsp3) is 0.133. The first kappa shape index (κ1) is 13.7. The van der Waals surface area contributed by atoms with Gasteiger partial charge in [0.25, 0.3) is 5.91 Å². The standard InChI is InChI=1S/C15H15N3O2/c1-11(19)18-14-4-2-3-12(9-14)10-17-15(20)13-5-7-16-8-6-13/h2-9H,10H2,1H3,(H,17,20)(H,18,19). The molecule has 0 bridgehead atoms. The largest absolute Gasteiger partial charge is 0.348 e. The fourth-order valence-electron chi connectivity index (χ4n) is 1.75. The Morgan fingerprint density at radius 3 is 2.60 bits per heavy atom. The van der Waals surface area contributed by atoms with E-state index in [1.807, 2.05) is 18.2 Å². The predicted molar refractivity (Wildman–Crippen MR) is 76.2 cm³/mol. The Hall–Kier alpha value is -2.69. The summed E-state index contributed by atoms with van der Waals surface area (Å²) >= 11 is 0. The molecule has 2 rings (SSSR count). The van der Waals surface area contributed by atoms with Gasteiger partial charge in [-0.3, -0.25) is 14.6 Å². The van der Waals surface area contributed by atoms with Crippen molar-refractivity contribution >= 4 is 17.5 Å². The van der Waals surface area contributed by atoms with Crippen molar-refractivity contribution in [1.82, 2.24) is 10.3 Å². The summed E-state index contributed by atoms with van der Waals surface area (Å²) in [6.45, 7) is 1.85. The van der Waals surface area contributed by atoms with Crippen LogP contribution in [0.25, 0.3) is 0 Å². The fourth-order valence-corrected chi connectivity index (χ4v) is 1.75. The summed E-state index contributed by atoms with van der Waals surface area (Å²) in [4.78, 5) is 26.7. The third kappa shape index (κ3) is 3.91. The molecule has 0 atom stereocenters. The van der Waals surface area contributed by atoms with Crippen LogP contribution in [0.4, 0.5) is 5.69 Å². The maximum Gasteiger partial charge on any atom is 0.251 e. The molecule has 1 heterocycles. The highest BCUT2D eigenvalue weighted by Crippen LogP contribution is 2.10. The molecule has 2 aromatic rings. The summed E-state index contributed by atoms with van der Waals surface area (Å²) < 4.78 is 0. The van der Waals surface area contributed by atoms with E-state index >= 15 is 0 Å². The summed E-state index contributed by atoms with van der Waals surface area (Å²) in [6, 6.07) is 10.7. The van der Waals surface area contributed by atoms with E-state index in [9.17, 15) is 9.59 Å². The van der Waals surface area contributed by atoms with Crippen molar-refractivity contribution < 1.29 is 9.59 Å². The topological polar surface area (TPSA) is 71.1 Å². The van der Waals surface area contributed by atoms with E-state index in [-0.39, 0.29) is 11.8 Å². The predicted octanol–water partition coefficient (Wildman–Crippen LogP) is 1.97. The van der Waals surface area contributed by atoms with Gasteiger partial charge < -0.3 is 10.6 Å². The lowest BCUT2D eigenvalue weighted by atomic mass is 10.2. The highest BCUT2D eigenvalue weighted by molar-refractivity contribution is 5.94. The summed E-state index contributed by atoms with van der Waals surface area (Å²) in [5.74, 6) is -0.277.